The van der Waals surface area contributed by atoms with Gasteiger partial charge in [0, 0.05) is 44.1 Å². The van der Waals surface area contributed by atoms with Gasteiger partial charge in [-0.05, 0) is 48.5 Å². The zero-order chi connectivity index (χ0) is 25.1. The number of thiophene rings is 1. The molecule has 0 saturated carbocycles. The van der Waals surface area contributed by atoms with Crippen molar-refractivity contribution < 1.29 is 19.3 Å². The number of rotatable bonds is 5. The van der Waals surface area contributed by atoms with Crippen LogP contribution < -0.4 is 16.2 Å². The minimum absolute atomic E-state index is 0.135. The van der Waals surface area contributed by atoms with Gasteiger partial charge in [0.1, 0.15) is 4.88 Å². The van der Waals surface area contributed by atoms with E-state index in [1.54, 1.807) is 18.2 Å². The quantitative estimate of drug-likeness (QED) is 0.234. The second kappa shape index (κ2) is 10.1. The zero-order valence-electron chi connectivity index (χ0n) is 17.5. The number of hydrazine groups is 1. The summed E-state index contributed by atoms with van der Waals surface area (Å²) in [6, 6.07) is 16.1. The van der Waals surface area contributed by atoms with E-state index < -0.39 is 22.6 Å². The van der Waals surface area contributed by atoms with E-state index in [0.29, 0.717) is 20.6 Å². The third-order valence-corrected chi connectivity index (χ3v) is 6.72. The first-order valence-corrected chi connectivity index (χ1v) is 11.4. The summed E-state index contributed by atoms with van der Waals surface area (Å²) < 4.78 is 0.787. The molecule has 4 rings (SSSR count). The van der Waals surface area contributed by atoms with E-state index in [-0.39, 0.29) is 16.8 Å². The number of hydrogen-bond donors (Lipinski definition) is 3. The van der Waals surface area contributed by atoms with Crippen molar-refractivity contribution in [1.82, 2.24) is 10.9 Å². The second-order valence-corrected chi connectivity index (χ2v) is 9.00. The number of nitro groups is 1. The highest BCUT2D eigenvalue weighted by atomic mass is 35.5. The molecule has 0 aliphatic heterocycles. The SMILES string of the molecule is O=C(NNC(=O)c1ccc([N+](=O)[O-])cc1)c1ccc(NC(=O)c2sc3cc(Cl)ccc3c2Cl)cc1. The molecular weight excluding hydrogens is 515 g/mol. The third kappa shape index (κ3) is 5.40. The molecule has 0 radical (unpaired) electrons. The summed E-state index contributed by atoms with van der Waals surface area (Å²) in [5.74, 6) is -1.64. The summed E-state index contributed by atoms with van der Waals surface area (Å²) in [6.45, 7) is 0. The number of fused-ring (bicyclic) bond motifs is 1. The van der Waals surface area contributed by atoms with E-state index in [1.807, 2.05) is 0 Å². The number of benzene rings is 3. The maximum Gasteiger partial charge on any atom is 0.269 e. The lowest BCUT2D eigenvalue weighted by atomic mass is 10.2. The van der Waals surface area contributed by atoms with Gasteiger partial charge in [0.05, 0.1) is 9.95 Å². The third-order valence-electron chi connectivity index (χ3n) is 4.83. The number of non-ortho nitro benzene ring substituents is 1. The van der Waals surface area contributed by atoms with Gasteiger partial charge >= 0.3 is 0 Å². The summed E-state index contributed by atoms with van der Waals surface area (Å²) in [5.41, 5.74) is 5.14. The van der Waals surface area contributed by atoms with Crippen molar-refractivity contribution in [2.75, 3.05) is 5.32 Å². The minimum Gasteiger partial charge on any atom is -0.321 e. The maximum absolute atomic E-state index is 12.7. The van der Waals surface area contributed by atoms with Crippen molar-refractivity contribution in [3.8, 4) is 0 Å². The van der Waals surface area contributed by atoms with Crippen LogP contribution in [0, 0.1) is 10.1 Å². The number of amides is 3. The van der Waals surface area contributed by atoms with Crippen LogP contribution in [0.3, 0.4) is 0 Å². The molecule has 9 nitrogen and oxygen atoms in total. The van der Waals surface area contributed by atoms with E-state index in [9.17, 15) is 24.5 Å². The average molecular weight is 529 g/mol. The monoisotopic (exact) mass is 528 g/mol. The maximum atomic E-state index is 12.7. The number of hydrogen-bond acceptors (Lipinski definition) is 6. The summed E-state index contributed by atoms with van der Waals surface area (Å²) in [6.07, 6.45) is 0. The Bertz CT molecular complexity index is 1470. The lowest BCUT2D eigenvalue weighted by Crippen LogP contribution is -2.41. The van der Waals surface area contributed by atoms with E-state index in [0.717, 1.165) is 10.1 Å². The fourth-order valence-corrected chi connectivity index (χ4v) is 4.76. The van der Waals surface area contributed by atoms with E-state index in [2.05, 4.69) is 16.2 Å². The van der Waals surface area contributed by atoms with Gasteiger partial charge in [-0.1, -0.05) is 29.3 Å². The second-order valence-electron chi connectivity index (χ2n) is 7.13. The summed E-state index contributed by atoms with van der Waals surface area (Å²) >= 11 is 13.6. The molecule has 0 saturated heterocycles. The molecule has 0 atom stereocenters. The Balaban J connectivity index is 1.36. The Morgan fingerprint density at radius 2 is 1.37 bits per heavy atom. The molecule has 1 aromatic heterocycles. The Kier molecular flexibility index (Phi) is 6.97. The first-order valence-electron chi connectivity index (χ1n) is 9.87. The molecule has 35 heavy (non-hydrogen) atoms. The first-order chi connectivity index (χ1) is 16.7. The van der Waals surface area contributed by atoms with Gasteiger partial charge in [-0.15, -0.1) is 11.3 Å². The molecule has 0 spiro atoms. The van der Waals surface area contributed by atoms with Crippen LogP contribution in [0.25, 0.3) is 10.1 Å². The number of carbonyl (C=O) groups is 3. The lowest BCUT2D eigenvalue weighted by molar-refractivity contribution is -0.384. The van der Waals surface area contributed by atoms with Crippen LogP contribution in [-0.4, -0.2) is 22.6 Å². The van der Waals surface area contributed by atoms with Crippen molar-refractivity contribution in [2.45, 2.75) is 0 Å². The number of nitro benzene ring substituents is 1. The standard InChI is InChI=1S/C23H14Cl2N4O5S/c24-14-5-10-17-18(11-14)35-20(19(17)25)23(32)26-15-6-1-12(2-7-15)21(30)27-28-22(31)13-3-8-16(9-4-13)29(33)34/h1-11H,(H,26,32)(H,27,30)(H,28,31). The summed E-state index contributed by atoms with van der Waals surface area (Å²) in [5, 5.41) is 15.0. The molecule has 3 N–H and O–H groups in total. The van der Waals surface area contributed by atoms with Crippen LogP contribution in [0.15, 0.2) is 66.7 Å². The van der Waals surface area contributed by atoms with Gasteiger partial charge in [-0.2, -0.15) is 0 Å². The largest absolute Gasteiger partial charge is 0.321 e. The molecule has 4 aromatic rings. The van der Waals surface area contributed by atoms with Crippen molar-refractivity contribution >= 4 is 73.7 Å². The Labute approximate surface area is 211 Å². The van der Waals surface area contributed by atoms with Gasteiger partial charge in [0.25, 0.3) is 23.4 Å². The number of halogens is 2. The Hall–Kier alpha value is -3.99. The molecule has 176 valence electrons. The van der Waals surface area contributed by atoms with Crippen LogP contribution in [0.2, 0.25) is 10.0 Å². The highest BCUT2D eigenvalue weighted by Crippen LogP contribution is 2.37. The van der Waals surface area contributed by atoms with Gasteiger partial charge < -0.3 is 5.32 Å². The molecule has 0 unspecified atom stereocenters. The molecule has 3 amide bonds. The molecule has 0 fully saturated rings. The number of anilines is 1. The van der Waals surface area contributed by atoms with Gasteiger partial charge in [0.15, 0.2) is 0 Å². The topological polar surface area (TPSA) is 130 Å². The Morgan fingerprint density at radius 1 is 0.800 bits per heavy atom. The average Bonchev–Trinajstić information content (AvgIpc) is 3.18. The normalized spacial score (nSPS) is 10.6. The number of carbonyl (C=O) groups excluding carboxylic acids is 3. The molecular formula is C23H14Cl2N4O5S. The summed E-state index contributed by atoms with van der Waals surface area (Å²) in [4.78, 5) is 47.6. The number of nitrogens with zero attached hydrogens (tertiary/aromatic N) is 1. The summed E-state index contributed by atoms with van der Waals surface area (Å²) in [7, 11) is 0. The van der Waals surface area contributed by atoms with E-state index in [1.165, 1.54) is 59.9 Å². The van der Waals surface area contributed by atoms with Crippen molar-refractivity contribution in [2.24, 2.45) is 0 Å². The highest BCUT2D eigenvalue weighted by Gasteiger charge is 2.18. The molecule has 3 aromatic carbocycles. The molecule has 0 aliphatic rings. The first kappa shape index (κ1) is 24.1. The fraction of sp³-hybridized carbons (Fsp3) is 0. The number of nitrogens with one attached hydrogen (secondary N) is 3. The lowest BCUT2D eigenvalue weighted by Gasteiger charge is -2.09. The fourth-order valence-electron chi connectivity index (χ4n) is 3.07. The molecule has 0 aliphatic carbocycles. The van der Waals surface area contributed by atoms with Gasteiger partial charge in [-0.3, -0.25) is 35.3 Å². The van der Waals surface area contributed by atoms with Gasteiger partial charge in [0.2, 0.25) is 0 Å². The van der Waals surface area contributed by atoms with Crippen molar-refractivity contribution in [3.05, 3.63) is 103 Å². The molecule has 1 heterocycles. The minimum atomic E-state index is -0.640. The predicted molar refractivity (Wildman–Crippen MR) is 134 cm³/mol. The van der Waals surface area contributed by atoms with Crippen LogP contribution in [0.1, 0.15) is 30.4 Å². The van der Waals surface area contributed by atoms with E-state index in [4.69, 9.17) is 23.2 Å². The van der Waals surface area contributed by atoms with Crippen LogP contribution in [-0.2, 0) is 0 Å². The molecule has 0 bridgehead atoms. The molecule has 12 heteroatoms. The van der Waals surface area contributed by atoms with Gasteiger partial charge in [-0.25, -0.2) is 0 Å². The predicted octanol–water partition coefficient (Wildman–Crippen LogP) is 5.44. The van der Waals surface area contributed by atoms with Crippen LogP contribution in [0.4, 0.5) is 11.4 Å². The van der Waals surface area contributed by atoms with Crippen molar-refractivity contribution in [3.63, 3.8) is 0 Å². The van der Waals surface area contributed by atoms with Crippen LogP contribution >= 0.6 is 34.5 Å². The van der Waals surface area contributed by atoms with E-state index >= 15 is 0 Å². The zero-order valence-corrected chi connectivity index (χ0v) is 19.8. The van der Waals surface area contributed by atoms with Crippen molar-refractivity contribution in [1.29, 1.82) is 0 Å². The highest BCUT2D eigenvalue weighted by molar-refractivity contribution is 7.21. The van der Waals surface area contributed by atoms with Crippen LogP contribution in [0.5, 0.6) is 0 Å². The Morgan fingerprint density at radius 3 is 1.94 bits per heavy atom. The smallest absolute Gasteiger partial charge is 0.269 e.